The van der Waals surface area contributed by atoms with Crippen LogP contribution in [0.4, 0.5) is 0 Å². The highest BCUT2D eigenvalue weighted by atomic mass is 32.1. The summed E-state index contributed by atoms with van der Waals surface area (Å²) < 4.78 is 0. The predicted octanol–water partition coefficient (Wildman–Crippen LogP) is 8.11. The Morgan fingerprint density at radius 1 is 0.788 bits per heavy atom. The minimum Gasteiger partial charge on any atom is -0.340 e. The van der Waals surface area contributed by atoms with Crippen LogP contribution in [0.15, 0.2) is 48.7 Å². The molecule has 2 N–H and O–H groups in total. The van der Waals surface area contributed by atoms with Crippen molar-refractivity contribution < 1.29 is 9.59 Å². The molecule has 3 fully saturated rings. The maximum atomic E-state index is 13.4. The first-order valence-electron chi connectivity index (χ1n) is 17.8. The molecule has 0 unspecified atom stereocenters. The molecule has 4 heterocycles. The van der Waals surface area contributed by atoms with Gasteiger partial charge in [-0.3, -0.25) is 9.59 Å². The van der Waals surface area contributed by atoms with E-state index in [1.807, 2.05) is 48.4 Å². The van der Waals surface area contributed by atoms with Crippen LogP contribution in [0, 0.1) is 40.9 Å². The van der Waals surface area contributed by atoms with Gasteiger partial charge >= 0.3 is 0 Å². The molecule has 4 aromatic rings. The number of H-pyrrole nitrogens is 2. The summed E-state index contributed by atoms with van der Waals surface area (Å²) in [7, 11) is 0. The van der Waals surface area contributed by atoms with E-state index in [0.717, 1.165) is 77.4 Å². The Labute approximate surface area is 336 Å². The van der Waals surface area contributed by atoms with Crippen LogP contribution >= 0.6 is 54.0 Å². The number of carbonyl (C=O) groups excluding carboxylic acids is 2. The first-order valence-corrected chi connectivity index (χ1v) is 17.8. The lowest BCUT2D eigenvalue weighted by atomic mass is 9.96. The molecule has 1 saturated carbocycles. The molecule has 2 aliphatic heterocycles. The maximum Gasteiger partial charge on any atom is 0.226 e. The number of aromatic amines is 2. The van der Waals surface area contributed by atoms with E-state index in [-0.39, 0.29) is 95.1 Å². The van der Waals surface area contributed by atoms with Crippen LogP contribution in [0.25, 0.3) is 22.3 Å². The Hall–Kier alpha value is -2.98. The Morgan fingerprint density at radius 3 is 2.04 bits per heavy atom. The number of imidazole rings is 2. The largest absolute Gasteiger partial charge is 0.340 e. The number of likely N-dealkylation sites (tertiary alicyclic amines) is 2. The molecule has 52 heavy (non-hydrogen) atoms. The minimum atomic E-state index is -0.00639. The van der Waals surface area contributed by atoms with Crippen molar-refractivity contribution in [2.45, 2.75) is 85.7 Å². The lowest BCUT2D eigenvalue weighted by Crippen LogP contribution is -2.37. The third-order valence-corrected chi connectivity index (χ3v) is 11.3. The van der Waals surface area contributed by atoms with Crippen molar-refractivity contribution in [3.63, 3.8) is 0 Å². The lowest BCUT2D eigenvalue weighted by molar-refractivity contribution is -0.138. The monoisotopic (exact) mass is 780 g/mol. The second kappa shape index (κ2) is 17.4. The van der Waals surface area contributed by atoms with Crippen LogP contribution < -0.4 is 0 Å². The first kappa shape index (κ1) is 43.4. The fourth-order valence-corrected chi connectivity index (χ4v) is 7.27. The van der Waals surface area contributed by atoms with Crippen molar-refractivity contribution >= 4 is 76.8 Å². The van der Waals surface area contributed by atoms with Gasteiger partial charge in [-0.25, -0.2) is 9.97 Å². The predicted molar refractivity (Wildman–Crippen MR) is 230 cm³/mol. The van der Waals surface area contributed by atoms with Gasteiger partial charge in [-0.1, -0.05) is 65.5 Å². The average Bonchev–Trinajstić information content (AvgIpc) is 3.57. The average molecular weight is 781 g/mol. The zero-order valence-corrected chi connectivity index (χ0v) is 35.1. The van der Waals surface area contributed by atoms with Crippen LogP contribution in [0.3, 0.4) is 0 Å². The Bertz CT molecular complexity index is 1910. The zero-order valence-electron chi connectivity index (χ0n) is 31.1. The van der Waals surface area contributed by atoms with E-state index in [4.69, 9.17) is 9.97 Å². The van der Waals surface area contributed by atoms with E-state index in [1.165, 1.54) is 12.8 Å². The number of nitrogens with zero attached hydrogens (tertiary/aromatic N) is 4. The van der Waals surface area contributed by atoms with Crippen molar-refractivity contribution in [2.75, 3.05) is 13.1 Å². The molecule has 0 bridgehead atoms. The van der Waals surface area contributed by atoms with Gasteiger partial charge in [0.2, 0.25) is 11.8 Å². The van der Waals surface area contributed by atoms with Gasteiger partial charge in [0.05, 0.1) is 35.0 Å². The summed E-state index contributed by atoms with van der Waals surface area (Å²) in [6, 6.07) is 14.3. The summed E-state index contributed by atoms with van der Waals surface area (Å²) in [6.07, 6.45) is 7.21. The van der Waals surface area contributed by atoms with Crippen molar-refractivity contribution in [1.82, 2.24) is 29.7 Å². The lowest BCUT2D eigenvalue weighted by Gasteiger charge is -2.28. The van der Waals surface area contributed by atoms with Gasteiger partial charge in [-0.15, -0.1) is 0 Å². The van der Waals surface area contributed by atoms with Gasteiger partial charge in [0.25, 0.3) is 0 Å². The molecule has 12 heteroatoms. The highest BCUT2D eigenvalue weighted by molar-refractivity contribution is 7.59. The van der Waals surface area contributed by atoms with E-state index >= 15 is 0 Å². The van der Waals surface area contributed by atoms with Crippen molar-refractivity contribution in [2.24, 2.45) is 29.1 Å². The summed E-state index contributed by atoms with van der Waals surface area (Å²) >= 11 is 0. The molecule has 2 aromatic carbocycles. The Morgan fingerprint density at radius 2 is 1.40 bits per heavy atom. The number of hydrogen-bond donors (Lipinski definition) is 2. The van der Waals surface area contributed by atoms with Gasteiger partial charge in [0.15, 0.2) is 0 Å². The van der Waals surface area contributed by atoms with Crippen molar-refractivity contribution in [1.29, 1.82) is 0 Å². The molecule has 1 spiro atoms. The fourth-order valence-electron chi connectivity index (χ4n) is 7.27. The number of hydrogen-bond acceptors (Lipinski definition) is 4. The third kappa shape index (κ3) is 8.69. The highest BCUT2D eigenvalue weighted by Gasteiger charge is 2.54. The van der Waals surface area contributed by atoms with E-state index in [1.54, 1.807) is 0 Å². The molecule has 0 radical (unpaired) electrons. The second-order valence-electron chi connectivity index (χ2n) is 15.3. The molecular formula is C40H56N6O2S4. The standard InChI is InChI=1S/C40H48N6O2.4H2S/c1-24(2)26(5)38(47)45-19-7-8-34(45)37-42-31-16-13-29(20-32(31)43-37)10-9-28-11-14-30(15-12-28)33-22-41-36(44-33)35-21-40(17-18-40)23-46(35)39(48)27(6)25(3)4;;;;/h11-16,20,22,24-27,34-35H,7-8,17-19,21,23H2,1-6H3,(H,41,44)(H,42,43);4*1H2/t26-,27-,34-,35-;;;;/m0..../s1. The number of amides is 2. The smallest absolute Gasteiger partial charge is 0.226 e. The zero-order chi connectivity index (χ0) is 33.7. The molecule has 2 aromatic heterocycles. The molecule has 8 nitrogen and oxygen atoms in total. The van der Waals surface area contributed by atoms with Gasteiger partial charge < -0.3 is 19.8 Å². The van der Waals surface area contributed by atoms with E-state index in [2.05, 4.69) is 73.5 Å². The van der Waals surface area contributed by atoms with Crippen LogP contribution in [-0.2, 0) is 9.59 Å². The van der Waals surface area contributed by atoms with Crippen molar-refractivity contribution in [3.05, 3.63) is 71.4 Å². The van der Waals surface area contributed by atoms with Gasteiger partial charge in [0, 0.05) is 36.1 Å². The van der Waals surface area contributed by atoms with E-state index in [0.29, 0.717) is 11.8 Å². The molecule has 282 valence electrons. The van der Waals surface area contributed by atoms with Gasteiger partial charge in [-0.05, 0) is 85.3 Å². The first-order chi connectivity index (χ1) is 23.0. The van der Waals surface area contributed by atoms with Crippen LogP contribution in [0.2, 0.25) is 0 Å². The van der Waals surface area contributed by atoms with Crippen LogP contribution in [-0.4, -0.2) is 54.6 Å². The molecule has 1 aliphatic carbocycles. The number of nitrogens with one attached hydrogen (secondary N) is 2. The quantitative estimate of drug-likeness (QED) is 0.185. The second-order valence-corrected chi connectivity index (χ2v) is 15.3. The SMILES string of the molecule is CC(C)[C@H](C)C(=O)N1CC2(CC2)C[C@H]1c1ncc(-c2ccc(C#Cc3ccc4nc([C@@H]5CCCN5C(=O)[C@@H](C)C(C)C)[nH]c4c3)cc2)[nH]1.S.S.S.S. The van der Waals surface area contributed by atoms with Crippen LogP contribution in [0.1, 0.15) is 109 Å². The topological polar surface area (TPSA) is 98.0 Å². The number of benzene rings is 2. The van der Waals surface area contributed by atoms with E-state index in [9.17, 15) is 9.59 Å². The maximum absolute atomic E-state index is 13.4. The fraction of sp³-hybridized carbons (Fsp3) is 0.500. The molecule has 7 rings (SSSR count). The summed E-state index contributed by atoms with van der Waals surface area (Å²) in [4.78, 5) is 47.4. The van der Waals surface area contributed by atoms with Crippen LogP contribution in [0.5, 0.6) is 0 Å². The van der Waals surface area contributed by atoms with Gasteiger partial charge in [0.1, 0.15) is 11.6 Å². The number of rotatable bonds is 7. The minimum absolute atomic E-state index is 0. The highest BCUT2D eigenvalue weighted by Crippen LogP contribution is 2.58. The number of aromatic nitrogens is 4. The molecular weight excluding hydrogens is 725 g/mol. The summed E-state index contributed by atoms with van der Waals surface area (Å²) in [6.45, 7) is 14.2. The molecule has 2 saturated heterocycles. The third-order valence-electron chi connectivity index (χ3n) is 11.3. The number of carbonyl (C=O) groups is 2. The van der Waals surface area contributed by atoms with Gasteiger partial charge in [-0.2, -0.15) is 54.0 Å². The summed E-state index contributed by atoms with van der Waals surface area (Å²) in [5, 5.41) is 0. The summed E-state index contributed by atoms with van der Waals surface area (Å²) in [5.74, 6) is 9.45. The van der Waals surface area contributed by atoms with Crippen molar-refractivity contribution in [3.8, 4) is 23.1 Å². The molecule has 4 atom stereocenters. The van der Waals surface area contributed by atoms with E-state index < -0.39 is 0 Å². The molecule has 3 aliphatic rings. The summed E-state index contributed by atoms with van der Waals surface area (Å²) in [5.41, 5.74) is 5.94. The molecule has 2 amide bonds. The Kier molecular flexibility index (Phi) is 14.6. The normalized spacial score (nSPS) is 19.6. The Balaban J connectivity index is 0.00000182. The number of fused-ring (bicyclic) bond motifs is 1.